The van der Waals surface area contributed by atoms with E-state index in [9.17, 15) is 8.78 Å². The van der Waals surface area contributed by atoms with Gasteiger partial charge in [0.1, 0.15) is 5.75 Å². The van der Waals surface area contributed by atoms with Crippen molar-refractivity contribution in [2.75, 3.05) is 7.11 Å². The summed E-state index contributed by atoms with van der Waals surface area (Å²) in [7, 11) is 1.30. The molecule has 0 amide bonds. The fourth-order valence-corrected chi connectivity index (χ4v) is 0.831. The van der Waals surface area contributed by atoms with Gasteiger partial charge >= 0.3 is 6.61 Å². The van der Waals surface area contributed by atoms with Crippen LogP contribution in [-0.2, 0) is 4.74 Å². The Hall–Kier alpha value is -1.27. The molecule has 0 radical (unpaired) electrons. The lowest BCUT2D eigenvalue weighted by Gasteiger charge is -2.08. The van der Waals surface area contributed by atoms with E-state index in [1.165, 1.54) is 19.2 Å². The molecular formula is C8H9F2NO3. The predicted molar refractivity (Wildman–Crippen MR) is 42.8 cm³/mol. The Morgan fingerprint density at radius 3 is 2.57 bits per heavy atom. The van der Waals surface area contributed by atoms with Crippen LogP contribution in [0.1, 0.15) is 12.0 Å². The molecule has 1 atom stereocenters. The van der Waals surface area contributed by atoms with E-state index in [1.54, 1.807) is 0 Å². The fourth-order valence-electron chi connectivity index (χ4n) is 0.831. The van der Waals surface area contributed by atoms with Gasteiger partial charge in [0, 0.05) is 7.11 Å². The maximum absolute atomic E-state index is 11.7. The number of aliphatic hydroxyl groups excluding tert-OH is 1. The van der Waals surface area contributed by atoms with Gasteiger partial charge in [-0.15, -0.1) is 0 Å². The van der Waals surface area contributed by atoms with Crippen LogP contribution >= 0.6 is 0 Å². The van der Waals surface area contributed by atoms with Crippen molar-refractivity contribution in [1.82, 2.24) is 4.98 Å². The van der Waals surface area contributed by atoms with Crippen LogP contribution in [0.2, 0.25) is 0 Å². The highest BCUT2D eigenvalue weighted by Gasteiger charge is 2.08. The summed E-state index contributed by atoms with van der Waals surface area (Å²) in [4.78, 5) is 3.67. The number of pyridine rings is 1. The summed E-state index contributed by atoms with van der Waals surface area (Å²) in [5, 5.41) is 9.13. The minimum Gasteiger partial charge on any atom is -0.433 e. The molecule has 0 saturated heterocycles. The van der Waals surface area contributed by atoms with E-state index in [2.05, 4.69) is 14.5 Å². The maximum Gasteiger partial charge on any atom is 0.387 e. The molecule has 0 aliphatic heterocycles. The van der Waals surface area contributed by atoms with E-state index in [1.807, 2.05) is 0 Å². The molecule has 0 aliphatic carbocycles. The lowest BCUT2D eigenvalue weighted by Crippen LogP contribution is -2.05. The average Bonchev–Trinajstić information content (AvgIpc) is 2.17. The highest BCUT2D eigenvalue weighted by molar-refractivity contribution is 5.20. The van der Waals surface area contributed by atoms with Crippen LogP contribution in [0, 0.1) is 0 Å². The number of ether oxygens (including phenoxy) is 2. The van der Waals surface area contributed by atoms with Crippen LogP contribution in [0.4, 0.5) is 8.78 Å². The highest BCUT2D eigenvalue weighted by Crippen LogP contribution is 2.16. The summed E-state index contributed by atoms with van der Waals surface area (Å²) in [5.74, 6) is -0.0629. The number of methoxy groups -OCH3 is 1. The number of aromatic nitrogens is 1. The van der Waals surface area contributed by atoms with Gasteiger partial charge in [0.15, 0.2) is 6.29 Å². The van der Waals surface area contributed by atoms with Crippen molar-refractivity contribution >= 4 is 0 Å². The Morgan fingerprint density at radius 1 is 1.43 bits per heavy atom. The van der Waals surface area contributed by atoms with E-state index in [-0.39, 0.29) is 11.4 Å². The zero-order valence-electron chi connectivity index (χ0n) is 7.35. The minimum atomic E-state index is -2.88. The lowest BCUT2D eigenvalue weighted by atomic mass is 10.3. The Morgan fingerprint density at radius 2 is 2.14 bits per heavy atom. The van der Waals surface area contributed by atoms with Crippen molar-refractivity contribution in [3.63, 3.8) is 0 Å². The molecule has 0 spiro atoms. The fraction of sp³-hybridized carbons (Fsp3) is 0.375. The van der Waals surface area contributed by atoms with Gasteiger partial charge in [0.25, 0.3) is 0 Å². The molecule has 1 aromatic rings. The van der Waals surface area contributed by atoms with E-state index in [4.69, 9.17) is 5.11 Å². The molecular weight excluding hydrogens is 196 g/mol. The third-order valence-corrected chi connectivity index (χ3v) is 1.46. The summed E-state index contributed by atoms with van der Waals surface area (Å²) in [5.41, 5.74) is 0.231. The molecule has 1 aromatic heterocycles. The molecule has 78 valence electrons. The first kappa shape index (κ1) is 10.8. The maximum atomic E-state index is 11.7. The average molecular weight is 205 g/mol. The molecule has 0 bridgehead atoms. The summed E-state index contributed by atoms with van der Waals surface area (Å²) < 4.78 is 32.1. The molecule has 6 heteroatoms. The SMILES string of the molecule is COC(O)c1ccc(OC(F)F)cn1. The molecule has 4 nitrogen and oxygen atoms in total. The molecule has 0 fully saturated rings. The van der Waals surface area contributed by atoms with Crippen LogP contribution in [0.5, 0.6) is 5.75 Å². The minimum absolute atomic E-state index is 0.0629. The number of aliphatic hydroxyl groups is 1. The normalized spacial score (nSPS) is 12.9. The van der Waals surface area contributed by atoms with Gasteiger partial charge in [-0.2, -0.15) is 8.78 Å². The number of nitrogens with zero attached hydrogens (tertiary/aromatic N) is 1. The molecule has 1 unspecified atom stereocenters. The van der Waals surface area contributed by atoms with E-state index in [0.29, 0.717) is 0 Å². The van der Waals surface area contributed by atoms with Crippen LogP contribution in [0.3, 0.4) is 0 Å². The predicted octanol–water partition coefficient (Wildman–Crippen LogP) is 1.32. The van der Waals surface area contributed by atoms with E-state index in [0.717, 1.165) is 6.20 Å². The van der Waals surface area contributed by atoms with Crippen LogP contribution in [0.25, 0.3) is 0 Å². The van der Waals surface area contributed by atoms with Crippen molar-refractivity contribution in [1.29, 1.82) is 0 Å². The van der Waals surface area contributed by atoms with Gasteiger partial charge in [-0.3, -0.25) is 4.98 Å². The largest absolute Gasteiger partial charge is 0.433 e. The summed E-state index contributed by atoms with van der Waals surface area (Å²) in [6.45, 7) is -2.88. The highest BCUT2D eigenvalue weighted by atomic mass is 19.3. The molecule has 0 saturated carbocycles. The van der Waals surface area contributed by atoms with Crippen LogP contribution < -0.4 is 4.74 Å². The topological polar surface area (TPSA) is 51.6 Å². The Balaban J connectivity index is 2.68. The van der Waals surface area contributed by atoms with E-state index < -0.39 is 12.9 Å². The lowest BCUT2D eigenvalue weighted by molar-refractivity contribution is -0.0801. The Kier molecular flexibility index (Phi) is 3.73. The number of hydrogen-bond donors (Lipinski definition) is 1. The number of hydrogen-bond acceptors (Lipinski definition) is 4. The zero-order valence-corrected chi connectivity index (χ0v) is 7.35. The number of alkyl halides is 2. The zero-order chi connectivity index (χ0) is 10.6. The summed E-state index contributed by atoms with van der Waals surface area (Å²) in [6.07, 6.45) is -0.0698. The Bertz CT molecular complexity index is 278. The smallest absolute Gasteiger partial charge is 0.387 e. The van der Waals surface area contributed by atoms with E-state index >= 15 is 0 Å². The molecule has 0 aliphatic rings. The second-order valence-electron chi connectivity index (χ2n) is 2.39. The van der Waals surface area contributed by atoms with Crippen LogP contribution in [0.15, 0.2) is 18.3 Å². The standard InChI is InChI=1S/C8H9F2NO3/c1-13-7(12)6-3-2-5(4-11-6)14-8(9)10/h2-4,7-8,12H,1H3. The molecule has 1 rings (SSSR count). The van der Waals surface area contributed by atoms with Gasteiger partial charge in [-0.1, -0.05) is 0 Å². The van der Waals surface area contributed by atoms with Crippen molar-refractivity contribution in [3.05, 3.63) is 24.0 Å². The molecule has 1 heterocycles. The molecule has 14 heavy (non-hydrogen) atoms. The van der Waals surface area contributed by atoms with Gasteiger partial charge in [-0.05, 0) is 12.1 Å². The van der Waals surface area contributed by atoms with Gasteiger partial charge in [0.05, 0.1) is 11.9 Å². The monoisotopic (exact) mass is 205 g/mol. The quantitative estimate of drug-likeness (QED) is 0.753. The van der Waals surface area contributed by atoms with Crippen molar-refractivity contribution in [2.24, 2.45) is 0 Å². The van der Waals surface area contributed by atoms with Crippen molar-refractivity contribution in [2.45, 2.75) is 12.9 Å². The third kappa shape index (κ3) is 2.90. The first-order valence-corrected chi connectivity index (χ1v) is 3.75. The van der Waals surface area contributed by atoms with Gasteiger partial charge < -0.3 is 14.6 Å². The first-order chi connectivity index (χ1) is 6.63. The third-order valence-electron chi connectivity index (χ3n) is 1.46. The first-order valence-electron chi connectivity index (χ1n) is 3.75. The van der Waals surface area contributed by atoms with Gasteiger partial charge in [-0.25, -0.2) is 0 Å². The summed E-state index contributed by atoms with van der Waals surface area (Å²) in [6, 6.07) is 2.61. The van der Waals surface area contributed by atoms with Gasteiger partial charge in [0.2, 0.25) is 0 Å². The number of rotatable bonds is 4. The Labute approximate surface area is 79.1 Å². The van der Waals surface area contributed by atoms with Crippen molar-refractivity contribution in [3.8, 4) is 5.75 Å². The number of halogens is 2. The second kappa shape index (κ2) is 4.83. The van der Waals surface area contributed by atoms with Crippen molar-refractivity contribution < 1.29 is 23.4 Å². The second-order valence-corrected chi connectivity index (χ2v) is 2.39. The summed E-state index contributed by atoms with van der Waals surface area (Å²) >= 11 is 0. The molecule has 1 N–H and O–H groups in total. The molecule has 0 aromatic carbocycles. The van der Waals surface area contributed by atoms with Crippen LogP contribution in [-0.4, -0.2) is 23.8 Å².